The summed E-state index contributed by atoms with van der Waals surface area (Å²) >= 11 is 7.57. The smallest absolute Gasteiger partial charge is 0.271 e. The third kappa shape index (κ3) is 5.51. The van der Waals surface area contributed by atoms with Crippen molar-refractivity contribution in [3.8, 4) is 11.5 Å². The van der Waals surface area contributed by atoms with E-state index < -0.39 is 0 Å². The summed E-state index contributed by atoms with van der Waals surface area (Å²) < 4.78 is 10.5. The first-order valence-electron chi connectivity index (χ1n) is 8.23. The lowest BCUT2D eigenvalue weighted by atomic mass is 10.1. The second-order valence-corrected chi connectivity index (χ2v) is 6.86. The molecule has 0 saturated carbocycles. The highest BCUT2D eigenvalue weighted by Crippen LogP contribution is 2.27. The Labute approximate surface area is 162 Å². The second-order valence-electron chi connectivity index (χ2n) is 5.39. The van der Waals surface area contributed by atoms with E-state index in [0.717, 1.165) is 17.7 Å². The van der Waals surface area contributed by atoms with Crippen molar-refractivity contribution in [2.24, 2.45) is 0 Å². The standard InChI is InChI=1S/C18H22ClN3O3S/c1-4-9-26-18-21-11-13(19)16(22-18)17(23)20-8-7-12-5-6-14(24-2)15(10-12)25-3/h5-6,10-11H,4,7-9H2,1-3H3,(H,20,23). The van der Waals surface area contributed by atoms with E-state index in [4.69, 9.17) is 21.1 Å². The predicted molar refractivity (Wildman–Crippen MR) is 104 cm³/mol. The molecular weight excluding hydrogens is 374 g/mol. The Kier molecular flexibility index (Phi) is 8.00. The summed E-state index contributed by atoms with van der Waals surface area (Å²) in [5.41, 5.74) is 1.23. The van der Waals surface area contributed by atoms with Crippen LogP contribution < -0.4 is 14.8 Å². The number of thioether (sulfide) groups is 1. The van der Waals surface area contributed by atoms with Gasteiger partial charge in [-0.25, -0.2) is 9.97 Å². The van der Waals surface area contributed by atoms with Gasteiger partial charge in [-0.3, -0.25) is 4.79 Å². The number of nitrogens with zero attached hydrogens (tertiary/aromatic N) is 2. The van der Waals surface area contributed by atoms with Crippen molar-refractivity contribution in [1.82, 2.24) is 15.3 Å². The molecule has 6 nitrogen and oxygen atoms in total. The first-order valence-corrected chi connectivity index (χ1v) is 9.59. The molecule has 0 atom stereocenters. The molecule has 0 aliphatic carbocycles. The van der Waals surface area contributed by atoms with E-state index in [0.29, 0.717) is 29.6 Å². The summed E-state index contributed by atoms with van der Waals surface area (Å²) in [6.07, 6.45) is 3.12. The molecule has 140 valence electrons. The topological polar surface area (TPSA) is 73.3 Å². The Morgan fingerprint density at radius 2 is 2.04 bits per heavy atom. The molecule has 1 N–H and O–H groups in total. The first kappa shape index (κ1) is 20.3. The molecule has 0 fully saturated rings. The number of benzene rings is 1. The van der Waals surface area contributed by atoms with Gasteiger partial charge in [0.15, 0.2) is 22.3 Å². The van der Waals surface area contributed by atoms with Gasteiger partial charge in [-0.2, -0.15) is 0 Å². The predicted octanol–water partition coefficient (Wildman–Crippen LogP) is 3.62. The van der Waals surface area contributed by atoms with Crippen LogP contribution in [-0.4, -0.2) is 42.4 Å². The monoisotopic (exact) mass is 395 g/mol. The Morgan fingerprint density at radius 3 is 2.73 bits per heavy atom. The van der Waals surface area contributed by atoms with Crippen LogP contribution in [0.15, 0.2) is 29.6 Å². The molecule has 0 aliphatic rings. The lowest BCUT2D eigenvalue weighted by Gasteiger charge is -2.10. The molecule has 2 rings (SSSR count). The van der Waals surface area contributed by atoms with Crippen LogP contribution in [0.25, 0.3) is 0 Å². The van der Waals surface area contributed by atoms with Crippen molar-refractivity contribution in [2.75, 3.05) is 26.5 Å². The Bertz CT molecular complexity index is 758. The average molecular weight is 396 g/mol. The summed E-state index contributed by atoms with van der Waals surface area (Å²) in [6.45, 7) is 2.52. The molecule has 8 heteroatoms. The number of hydrogen-bond acceptors (Lipinski definition) is 6. The second kappa shape index (κ2) is 10.2. The van der Waals surface area contributed by atoms with Gasteiger partial charge in [0.05, 0.1) is 25.4 Å². The van der Waals surface area contributed by atoms with Gasteiger partial charge < -0.3 is 14.8 Å². The van der Waals surface area contributed by atoms with E-state index in [2.05, 4.69) is 22.2 Å². The van der Waals surface area contributed by atoms with Crippen molar-refractivity contribution in [3.05, 3.63) is 40.7 Å². The lowest BCUT2D eigenvalue weighted by Crippen LogP contribution is -2.27. The zero-order chi connectivity index (χ0) is 18.9. The van der Waals surface area contributed by atoms with Crippen molar-refractivity contribution < 1.29 is 14.3 Å². The highest BCUT2D eigenvalue weighted by Gasteiger charge is 2.14. The van der Waals surface area contributed by atoms with Crippen molar-refractivity contribution >= 4 is 29.3 Å². The molecule has 2 aromatic rings. The van der Waals surface area contributed by atoms with E-state index >= 15 is 0 Å². The van der Waals surface area contributed by atoms with Gasteiger partial charge in [0.25, 0.3) is 5.91 Å². The van der Waals surface area contributed by atoms with Crippen LogP contribution in [0.1, 0.15) is 29.4 Å². The molecule has 0 unspecified atom stereocenters. The summed E-state index contributed by atoms with van der Waals surface area (Å²) in [4.78, 5) is 20.8. The van der Waals surface area contributed by atoms with Crippen molar-refractivity contribution in [3.63, 3.8) is 0 Å². The Balaban J connectivity index is 1.96. The molecular formula is C18H22ClN3O3S. The van der Waals surface area contributed by atoms with Gasteiger partial charge in [0.1, 0.15) is 0 Å². The minimum atomic E-state index is -0.309. The Morgan fingerprint density at radius 1 is 1.27 bits per heavy atom. The van der Waals surface area contributed by atoms with E-state index in [-0.39, 0.29) is 16.6 Å². The lowest BCUT2D eigenvalue weighted by molar-refractivity contribution is 0.0948. The number of halogens is 1. The largest absolute Gasteiger partial charge is 0.493 e. The summed E-state index contributed by atoms with van der Waals surface area (Å²) in [5, 5.41) is 3.64. The molecule has 1 aromatic heterocycles. The van der Waals surface area contributed by atoms with Gasteiger partial charge in [-0.15, -0.1) is 0 Å². The maximum Gasteiger partial charge on any atom is 0.271 e. The third-order valence-corrected chi connectivity index (χ3v) is 4.86. The summed E-state index contributed by atoms with van der Waals surface area (Å²) in [6, 6.07) is 5.67. The van der Waals surface area contributed by atoms with E-state index in [1.165, 1.54) is 18.0 Å². The molecule has 1 aromatic carbocycles. The number of carbonyl (C=O) groups excluding carboxylic acids is 1. The van der Waals surface area contributed by atoms with Crippen molar-refractivity contribution in [2.45, 2.75) is 24.9 Å². The Hall–Kier alpha value is -1.99. The zero-order valence-corrected chi connectivity index (χ0v) is 16.6. The average Bonchev–Trinajstić information content (AvgIpc) is 2.67. The van der Waals surface area contributed by atoms with Crippen LogP contribution in [0, 0.1) is 0 Å². The third-order valence-electron chi connectivity index (χ3n) is 3.52. The van der Waals surface area contributed by atoms with Gasteiger partial charge in [0.2, 0.25) is 0 Å². The van der Waals surface area contributed by atoms with E-state index in [9.17, 15) is 4.79 Å². The van der Waals surface area contributed by atoms with Crippen LogP contribution in [0.4, 0.5) is 0 Å². The minimum Gasteiger partial charge on any atom is -0.493 e. The number of hydrogen-bond donors (Lipinski definition) is 1. The number of nitrogens with one attached hydrogen (secondary N) is 1. The van der Waals surface area contributed by atoms with Crippen LogP contribution >= 0.6 is 23.4 Å². The van der Waals surface area contributed by atoms with Crippen molar-refractivity contribution in [1.29, 1.82) is 0 Å². The first-order chi connectivity index (χ1) is 12.6. The molecule has 0 saturated heterocycles. The van der Waals surface area contributed by atoms with Gasteiger partial charge in [-0.1, -0.05) is 36.4 Å². The maximum atomic E-state index is 12.4. The maximum absolute atomic E-state index is 12.4. The van der Waals surface area contributed by atoms with Gasteiger partial charge >= 0.3 is 0 Å². The molecule has 0 radical (unpaired) electrons. The highest BCUT2D eigenvalue weighted by atomic mass is 35.5. The fourth-order valence-electron chi connectivity index (χ4n) is 2.21. The number of carbonyl (C=O) groups is 1. The molecule has 26 heavy (non-hydrogen) atoms. The zero-order valence-electron chi connectivity index (χ0n) is 15.0. The fraction of sp³-hybridized carbons (Fsp3) is 0.389. The number of methoxy groups -OCH3 is 2. The number of ether oxygens (including phenoxy) is 2. The minimum absolute atomic E-state index is 0.201. The SMILES string of the molecule is CCCSc1ncc(Cl)c(C(=O)NCCc2ccc(OC)c(OC)c2)n1. The van der Waals surface area contributed by atoms with Crippen LogP contribution in [-0.2, 0) is 6.42 Å². The van der Waals surface area contributed by atoms with Gasteiger partial charge in [-0.05, 0) is 30.5 Å². The van der Waals surface area contributed by atoms with Crippen LogP contribution in [0.3, 0.4) is 0 Å². The molecule has 0 spiro atoms. The summed E-state index contributed by atoms with van der Waals surface area (Å²) in [7, 11) is 3.19. The summed E-state index contributed by atoms with van der Waals surface area (Å²) in [5.74, 6) is 1.91. The van der Waals surface area contributed by atoms with Gasteiger partial charge in [0, 0.05) is 12.3 Å². The van der Waals surface area contributed by atoms with E-state index in [1.54, 1.807) is 14.2 Å². The quantitative estimate of drug-likeness (QED) is 0.516. The molecule has 1 heterocycles. The number of amides is 1. The molecule has 1 amide bonds. The normalized spacial score (nSPS) is 10.5. The van der Waals surface area contributed by atoms with E-state index in [1.807, 2.05) is 18.2 Å². The van der Waals surface area contributed by atoms with Crippen LogP contribution in [0.2, 0.25) is 5.02 Å². The number of rotatable bonds is 9. The highest BCUT2D eigenvalue weighted by molar-refractivity contribution is 7.99. The molecule has 0 bridgehead atoms. The number of aromatic nitrogens is 2. The fourth-order valence-corrected chi connectivity index (χ4v) is 3.06. The van der Waals surface area contributed by atoms with Crippen LogP contribution in [0.5, 0.6) is 11.5 Å². The molecule has 0 aliphatic heterocycles.